The fourth-order valence-corrected chi connectivity index (χ4v) is 0.383. The predicted octanol–water partition coefficient (Wildman–Crippen LogP) is -0.937. The molecule has 0 unspecified atom stereocenters. The van der Waals surface area contributed by atoms with Crippen molar-refractivity contribution < 1.29 is 0 Å². The monoisotopic (exact) mass is 114 g/mol. The Kier molecular flexibility index (Phi) is 0.997. The van der Waals surface area contributed by atoms with Crippen LogP contribution in [-0.2, 0) is 0 Å². The van der Waals surface area contributed by atoms with Gasteiger partial charge in [-0.25, -0.2) is 4.79 Å². The van der Waals surface area contributed by atoms with Crippen molar-refractivity contribution in [2.24, 2.45) is 0 Å². The van der Waals surface area contributed by atoms with Crippen LogP contribution in [0.3, 0.4) is 0 Å². The van der Waals surface area contributed by atoms with E-state index in [-0.39, 0.29) is 5.56 Å². The molecule has 0 saturated heterocycles. The summed E-state index contributed by atoms with van der Waals surface area (Å²) in [5.74, 6) is 0. The van der Waals surface area contributed by atoms with E-state index in [0.29, 0.717) is 0 Å². The van der Waals surface area contributed by atoms with E-state index in [0.717, 1.165) is 0 Å². The van der Waals surface area contributed by atoms with Crippen LogP contribution in [0.15, 0.2) is 21.9 Å². The Bertz CT molecular complexity index is 246. The summed E-state index contributed by atoms with van der Waals surface area (Å²) >= 11 is 0. The second kappa shape index (κ2) is 1.65. The zero-order chi connectivity index (χ0) is 5.98. The lowest BCUT2D eigenvalue weighted by atomic mass is 10.7. The van der Waals surface area contributed by atoms with Crippen LogP contribution in [0, 0.1) is 0 Å². The highest BCUT2D eigenvalue weighted by Gasteiger charge is 1.77. The third-order valence-electron chi connectivity index (χ3n) is 0.686. The predicted molar refractivity (Wildman–Crippen MR) is 27.7 cm³/mol. The summed E-state index contributed by atoms with van der Waals surface area (Å²) in [7, 11) is 0. The van der Waals surface area contributed by atoms with Gasteiger partial charge in [-0.1, -0.05) is 0 Å². The average Bonchev–Trinajstić information content (AvgIpc) is 1.64. The maximum atomic E-state index is 10.2. The normalized spacial score (nSPS) is 9.00. The number of aromatic amines is 2. The Morgan fingerprint density at radius 3 is 2.75 bits per heavy atom. The molecule has 0 aliphatic heterocycles. The van der Waals surface area contributed by atoms with Gasteiger partial charge in [0.1, 0.15) is 0 Å². The lowest BCUT2D eigenvalue weighted by Gasteiger charge is -1.75. The molecule has 0 radical (unpaired) electrons. The molecular weight excluding hydrogens is 110 g/mol. The molecule has 4 nitrogen and oxygen atoms in total. The summed E-state index contributed by atoms with van der Waals surface area (Å²) < 4.78 is 0. The Morgan fingerprint density at radius 1 is 1.62 bits per heavy atom. The number of hydrogen-bond acceptors (Lipinski definition) is 2. The molecule has 1 aromatic heterocycles. The first-order valence-corrected chi connectivity index (χ1v) is 2.07. The molecule has 0 fully saturated rings. The Hall–Kier alpha value is -1.32. The van der Waals surface area contributed by atoms with Gasteiger partial charge in [-0.2, -0.15) is 0 Å². The van der Waals surface area contributed by atoms with Crippen LogP contribution >= 0.6 is 0 Å². The van der Waals surface area contributed by atoms with E-state index in [1.807, 2.05) is 4.98 Å². The van der Waals surface area contributed by atoms with Crippen LogP contribution < -0.4 is 11.2 Å². The van der Waals surface area contributed by atoms with Crippen LogP contribution in [0.4, 0.5) is 0 Å². The summed E-state index contributed by atoms with van der Waals surface area (Å²) in [6, 6.07) is 1.24. The zero-order valence-electron chi connectivity index (χ0n) is 3.97. The third-order valence-corrected chi connectivity index (χ3v) is 0.686. The smallest absolute Gasteiger partial charge is 0.314 e. The van der Waals surface area contributed by atoms with E-state index in [9.17, 15) is 9.59 Å². The Morgan fingerprint density at radius 2 is 2.38 bits per heavy atom. The Labute approximate surface area is 44.2 Å². The van der Waals surface area contributed by atoms with Crippen molar-refractivity contribution in [3.63, 3.8) is 0 Å². The average molecular weight is 114 g/mol. The molecule has 4 heteroatoms. The molecule has 42 valence electrons. The summed E-state index contributed by atoms with van der Waals surface area (Å²) in [6.45, 7) is 0. The first-order chi connectivity index (χ1) is 3.79. The van der Waals surface area contributed by atoms with Gasteiger partial charge >= 0.3 is 5.69 Å². The van der Waals surface area contributed by atoms with Crippen LogP contribution in [0.5, 0.6) is 0 Å². The molecular formula is C4H4N2O2. The zero-order valence-corrected chi connectivity index (χ0v) is 3.97. The molecule has 1 heterocycles. The van der Waals surface area contributed by atoms with Gasteiger partial charge in [0, 0.05) is 12.3 Å². The molecule has 0 aliphatic carbocycles. The molecule has 0 atom stereocenters. The second-order valence-electron chi connectivity index (χ2n) is 1.30. The van der Waals surface area contributed by atoms with E-state index in [1.54, 1.807) is 0 Å². The molecule has 8 heavy (non-hydrogen) atoms. The van der Waals surface area contributed by atoms with Gasteiger partial charge in [-0.3, -0.25) is 9.78 Å². The maximum Gasteiger partial charge on any atom is 0.325 e. The third kappa shape index (κ3) is 0.841. The van der Waals surface area contributed by atoms with Crippen molar-refractivity contribution in [1.82, 2.24) is 9.97 Å². The molecule has 0 spiro atoms. The van der Waals surface area contributed by atoms with Gasteiger partial charge in [-0.15, -0.1) is 0 Å². The second-order valence-corrected chi connectivity index (χ2v) is 1.30. The van der Waals surface area contributed by atoms with Gasteiger partial charge in [0.05, 0.1) is 0 Å². The number of hydrogen-bond donors (Lipinski definition) is 2. The molecule has 0 bridgehead atoms. The highest BCUT2D eigenvalue weighted by atomic mass is 16.3. The maximum absolute atomic E-state index is 10.2. The lowest BCUT2D eigenvalue weighted by molar-refractivity contribution is 1.04. The van der Waals surface area contributed by atoms with Gasteiger partial charge < -0.3 is 4.98 Å². The van der Waals surface area contributed by atoms with E-state index in [1.165, 1.54) is 12.3 Å². The van der Waals surface area contributed by atoms with Gasteiger partial charge in [0.15, 0.2) is 0 Å². The van der Waals surface area contributed by atoms with Crippen molar-refractivity contribution >= 4 is 0 Å². The topological polar surface area (TPSA) is 65.7 Å². The summed E-state index contributed by atoms with van der Waals surface area (Å²) in [5.41, 5.74) is -0.855. The minimum absolute atomic E-state index is 0.381. The molecule has 0 aliphatic rings. The first kappa shape index (κ1) is 4.83. The van der Waals surface area contributed by atoms with Gasteiger partial charge in [-0.05, 0) is 0 Å². The highest BCUT2D eigenvalue weighted by molar-refractivity contribution is 4.77. The van der Waals surface area contributed by atoms with E-state index in [4.69, 9.17) is 0 Å². The quantitative estimate of drug-likeness (QED) is 0.457. The summed E-state index contributed by atoms with van der Waals surface area (Å²) in [4.78, 5) is 24.7. The highest BCUT2D eigenvalue weighted by Crippen LogP contribution is 1.51. The van der Waals surface area contributed by atoms with E-state index >= 15 is 0 Å². The van der Waals surface area contributed by atoms with Crippen molar-refractivity contribution in [2.75, 3.05) is 0 Å². The SMILES string of the molecule is O=c1cc[nH][14c](=O)[nH]1. The van der Waals surface area contributed by atoms with Crippen LogP contribution in [-0.4, -0.2) is 9.97 Å². The molecule has 1 rings (SSSR count). The van der Waals surface area contributed by atoms with Crippen molar-refractivity contribution in [2.45, 2.75) is 0 Å². The minimum atomic E-state index is -0.475. The van der Waals surface area contributed by atoms with Crippen molar-refractivity contribution in [1.29, 1.82) is 0 Å². The van der Waals surface area contributed by atoms with Gasteiger partial charge in [0.25, 0.3) is 5.56 Å². The molecule has 1 aromatic rings. The molecule has 2 N–H and O–H groups in total. The van der Waals surface area contributed by atoms with Crippen LogP contribution in [0.25, 0.3) is 0 Å². The fourth-order valence-electron chi connectivity index (χ4n) is 0.383. The lowest BCUT2D eigenvalue weighted by Crippen LogP contribution is -2.19. The van der Waals surface area contributed by atoms with Crippen molar-refractivity contribution in [3.05, 3.63) is 33.1 Å². The molecule has 0 amide bonds. The summed E-state index contributed by atoms with van der Waals surface area (Å²) in [6.07, 6.45) is 1.29. The fraction of sp³-hybridized carbons (Fsp3) is 0. The van der Waals surface area contributed by atoms with Gasteiger partial charge in [0.2, 0.25) is 0 Å². The van der Waals surface area contributed by atoms with Crippen LogP contribution in [0.1, 0.15) is 0 Å². The number of rotatable bonds is 0. The standard InChI is InChI=1S/C4H4N2O2/c7-3-1-2-5-4(8)6-3/h1-2H,(H2,5,6,7,8)/i4+2. The number of H-pyrrole nitrogens is 2. The molecule has 0 aromatic carbocycles. The first-order valence-electron chi connectivity index (χ1n) is 2.07. The number of aromatic nitrogens is 2. The van der Waals surface area contributed by atoms with E-state index < -0.39 is 5.69 Å². The van der Waals surface area contributed by atoms with E-state index in [2.05, 4.69) is 4.98 Å². The summed E-state index contributed by atoms with van der Waals surface area (Å²) in [5, 5.41) is 0. The Balaban J connectivity index is 3.50. The minimum Gasteiger partial charge on any atom is -0.314 e. The molecule has 0 saturated carbocycles. The van der Waals surface area contributed by atoms with Crippen LogP contribution in [0.2, 0.25) is 0 Å². The number of nitrogens with one attached hydrogen (secondary N) is 2. The largest absolute Gasteiger partial charge is 0.325 e. The van der Waals surface area contributed by atoms with Crippen molar-refractivity contribution in [3.8, 4) is 0 Å².